The molecule has 6 heteroatoms. The molecular formula is C15H11N3OS2. The number of benzene rings is 1. The highest BCUT2D eigenvalue weighted by Gasteiger charge is 2.32. The van der Waals surface area contributed by atoms with Crippen molar-refractivity contribution < 1.29 is 4.79 Å². The van der Waals surface area contributed by atoms with Crippen LogP contribution in [0.1, 0.15) is 5.56 Å². The van der Waals surface area contributed by atoms with Gasteiger partial charge in [0.15, 0.2) is 4.32 Å². The Morgan fingerprint density at radius 1 is 1.19 bits per heavy atom. The average Bonchev–Trinajstić information content (AvgIpc) is 2.77. The van der Waals surface area contributed by atoms with E-state index in [0.29, 0.717) is 9.23 Å². The zero-order chi connectivity index (χ0) is 14.7. The zero-order valence-electron chi connectivity index (χ0n) is 10.9. The van der Waals surface area contributed by atoms with Crippen LogP contribution in [0.3, 0.4) is 0 Å². The fourth-order valence-electron chi connectivity index (χ4n) is 1.82. The third-order valence-corrected chi connectivity index (χ3v) is 4.09. The highest BCUT2D eigenvalue weighted by molar-refractivity contribution is 8.26. The number of thioether (sulfide) groups is 1. The predicted molar refractivity (Wildman–Crippen MR) is 89.3 cm³/mol. The molecule has 4 nitrogen and oxygen atoms in total. The fraction of sp³-hybridized carbons (Fsp3) is 0. The minimum Gasteiger partial charge on any atom is -0.290 e. The number of pyridine rings is 1. The van der Waals surface area contributed by atoms with Gasteiger partial charge in [-0.15, -0.1) is 0 Å². The van der Waals surface area contributed by atoms with Crippen molar-refractivity contribution in [2.24, 2.45) is 0 Å². The van der Waals surface area contributed by atoms with Gasteiger partial charge in [0, 0.05) is 12.4 Å². The molecule has 1 aromatic heterocycles. The normalized spacial score (nSPS) is 16.6. The number of carbonyl (C=O) groups is 1. The van der Waals surface area contributed by atoms with Gasteiger partial charge < -0.3 is 0 Å². The molecule has 3 rings (SSSR count). The van der Waals surface area contributed by atoms with Crippen LogP contribution in [-0.4, -0.2) is 20.2 Å². The summed E-state index contributed by atoms with van der Waals surface area (Å²) in [6.07, 6.45) is 5.19. The summed E-state index contributed by atoms with van der Waals surface area (Å²) < 4.78 is 0.485. The SMILES string of the molecule is O=C1/C(=C/c2cccnc2)SC(=S)N1Nc1ccccc1. The van der Waals surface area contributed by atoms with Crippen molar-refractivity contribution in [2.45, 2.75) is 0 Å². The quantitative estimate of drug-likeness (QED) is 0.696. The Morgan fingerprint density at radius 2 is 2.00 bits per heavy atom. The first kappa shape index (κ1) is 13.8. The van der Waals surface area contributed by atoms with Crippen LogP contribution in [-0.2, 0) is 4.79 Å². The van der Waals surface area contributed by atoms with Gasteiger partial charge in [-0.2, -0.15) is 0 Å². The van der Waals surface area contributed by atoms with Crippen LogP contribution in [0.5, 0.6) is 0 Å². The van der Waals surface area contributed by atoms with Gasteiger partial charge in [-0.25, -0.2) is 5.01 Å². The molecule has 1 N–H and O–H groups in total. The number of amides is 1. The molecule has 104 valence electrons. The van der Waals surface area contributed by atoms with Crippen LogP contribution in [0.2, 0.25) is 0 Å². The van der Waals surface area contributed by atoms with Crippen LogP contribution < -0.4 is 5.43 Å². The number of aromatic nitrogens is 1. The van der Waals surface area contributed by atoms with Crippen molar-refractivity contribution in [3.05, 3.63) is 65.3 Å². The number of para-hydroxylation sites is 1. The van der Waals surface area contributed by atoms with Crippen LogP contribution in [0.15, 0.2) is 59.8 Å². The van der Waals surface area contributed by atoms with Gasteiger partial charge in [0.1, 0.15) is 0 Å². The van der Waals surface area contributed by atoms with Crippen molar-refractivity contribution in [1.29, 1.82) is 0 Å². The van der Waals surface area contributed by atoms with Crippen molar-refractivity contribution in [1.82, 2.24) is 9.99 Å². The molecule has 0 spiro atoms. The van der Waals surface area contributed by atoms with E-state index in [4.69, 9.17) is 12.2 Å². The molecule has 0 unspecified atom stereocenters. The Kier molecular flexibility index (Phi) is 3.98. The number of hydrogen-bond acceptors (Lipinski definition) is 5. The lowest BCUT2D eigenvalue weighted by atomic mass is 10.2. The minimum absolute atomic E-state index is 0.155. The molecule has 21 heavy (non-hydrogen) atoms. The molecule has 1 aliphatic rings. The summed E-state index contributed by atoms with van der Waals surface area (Å²) in [5.41, 5.74) is 4.71. The van der Waals surface area contributed by atoms with Gasteiger partial charge in [0.05, 0.1) is 10.6 Å². The highest BCUT2D eigenvalue weighted by atomic mass is 32.2. The molecule has 1 aromatic carbocycles. The smallest absolute Gasteiger partial charge is 0.285 e. The second kappa shape index (κ2) is 6.07. The molecule has 2 heterocycles. The third-order valence-electron chi connectivity index (χ3n) is 2.79. The predicted octanol–water partition coefficient (Wildman–Crippen LogP) is 3.31. The number of thiocarbonyl (C=S) groups is 1. The maximum Gasteiger partial charge on any atom is 0.285 e. The van der Waals surface area contributed by atoms with E-state index in [1.165, 1.54) is 16.8 Å². The van der Waals surface area contributed by atoms with E-state index in [-0.39, 0.29) is 5.91 Å². The summed E-state index contributed by atoms with van der Waals surface area (Å²) in [7, 11) is 0. The molecular weight excluding hydrogens is 302 g/mol. The molecule has 0 bridgehead atoms. The van der Waals surface area contributed by atoms with E-state index in [0.717, 1.165) is 11.3 Å². The summed E-state index contributed by atoms with van der Waals surface area (Å²) in [6, 6.07) is 13.2. The van der Waals surface area contributed by atoms with Crippen LogP contribution in [0.25, 0.3) is 6.08 Å². The van der Waals surface area contributed by atoms with E-state index in [1.807, 2.05) is 42.5 Å². The van der Waals surface area contributed by atoms with Crippen molar-refractivity contribution >= 4 is 46.0 Å². The molecule has 1 fully saturated rings. The fourth-order valence-corrected chi connectivity index (χ4v) is 3.00. The Morgan fingerprint density at radius 3 is 2.71 bits per heavy atom. The summed E-state index contributed by atoms with van der Waals surface area (Å²) in [4.78, 5) is 17.0. The maximum atomic E-state index is 12.4. The number of rotatable bonds is 3. The standard InChI is InChI=1S/C15H11N3OS2/c19-14-13(9-11-5-4-8-16-10-11)21-15(20)18(14)17-12-6-2-1-3-7-12/h1-10,17H/b13-9-. The Labute approximate surface area is 131 Å². The largest absolute Gasteiger partial charge is 0.290 e. The van der Waals surface area contributed by atoms with E-state index in [9.17, 15) is 4.79 Å². The van der Waals surface area contributed by atoms with Gasteiger partial charge in [-0.05, 0) is 42.1 Å². The lowest BCUT2D eigenvalue weighted by Crippen LogP contribution is -2.33. The summed E-state index contributed by atoms with van der Waals surface area (Å²) in [6.45, 7) is 0. The van der Waals surface area contributed by atoms with E-state index in [1.54, 1.807) is 18.5 Å². The Hall–Kier alpha value is -2.18. The molecule has 2 aromatic rings. The van der Waals surface area contributed by atoms with Gasteiger partial charge in [0.2, 0.25) is 0 Å². The molecule has 0 radical (unpaired) electrons. The van der Waals surface area contributed by atoms with Gasteiger partial charge in [-0.3, -0.25) is 15.2 Å². The number of hydrazine groups is 1. The lowest BCUT2D eigenvalue weighted by molar-refractivity contribution is -0.121. The maximum absolute atomic E-state index is 12.4. The second-order valence-corrected chi connectivity index (χ2v) is 5.96. The Bertz CT molecular complexity index is 701. The summed E-state index contributed by atoms with van der Waals surface area (Å²) in [5, 5.41) is 1.39. The van der Waals surface area contributed by atoms with Crippen molar-refractivity contribution in [3.63, 3.8) is 0 Å². The number of nitrogens with one attached hydrogen (secondary N) is 1. The van der Waals surface area contributed by atoms with Crippen LogP contribution >= 0.6 is 24.0 Å². The van der Waals surface area contributed by atoms with E-state index >= 15 is 0 Å². The average molecular weight is 313 g/mol. The molecule has 0 aliphatic carbocycles. The highest BCUT2D eigenvalue weighted by Crippen LogP contribution is 2.32. The topological polar surface area (TPSA) is 45.2 Å². The number of hydrogen-bond donors (Lipinski definition) is 1. The Balaban J connectivity index is 1.81. The molecule has 1 aliphatic heterocycles. The van der Waals surface area contributed by atoms with Crippen molar-refractivity contribution in [3.8, 4) is 0 Å². The molecule has 1 amide bonds. The van der Waals surface area contributed by atoms with Gasteiger partial charge in [-0.1, -0.05) is 36.0 Å². The van der Waals surface area contributed by atoms with Crippen LogP contribution in [0.4, 0.5) is 5.69 Å². The van der Waals surface area contributed by atoms with Gasteiger partial charge in [0.25, 0.3) is 5.91 Å². The molecule has 0 saturated carbocycles. The van der Waals surface area contributed by atoms with Gasteiger partial charge >= 0.3 is 0 Å². The third kappa shape index (κ3) is 3.12. The minimum atomic E-state index is -0.155. The molecule has 1 saturated heterocycles. The zero-order valence-corrected chi connectivity index (χ0v) is 12.5. The molecule has 0 atom stereocenters. The number of carbonyl (C=O) groups excluding carboxylic acids is 1. The van der Waals surface area contributed by atoms with E-state index < -0.39 is 0 Å². The van der Waals surface area contributed by atoms with Crippen molar-refractivity contribution in [2.75, 3.05) is 5.43 Å². The number of nitrogens with zero attached hydrogens (tertiary/aromatic N) is 2. The monoisotopic (exact) mass is 313 g/mol. The summed E-state index contributed by atoms with van der Waals surface area (Å²) >= 11 is 6.53. The first-order valence-corrected chi connectivity index (χ1v) is 7.46. The first-order chi connectivity index (χ1) is 10.2. The second-order valence-electron chi connectivity index (χ2n) is 4.28. The lowest BCUT2D eigenvalue weighted by Gasteiger charge is -2.16. The van der Waals surface area contributed by atoms with Crippen LogP contribution in [0, 0.1) is 0 Å². The summed E-state index contributed by atoms with van der Waals surface area (Å²) in [5.74, 6) is -0.155. The van der Waals surface area contributed by atoms with E-state index in [2.05, 4.69) is 10.4 Å². The first-order valence-electron chi connectivity index (χ1n) is 6.24. The number of anilines is 1.